The fraction of sp³-hybridized carbons (Fsp3) is 0.250. The predicted octanol–water partition coefficient (Wildman–Crippen LogP) is 1.69. The minimum atomic E-state index is -3.58. The Morgan fingerprint density at radius 3 is 2.62 bits per heavy atom. The van der Waals surface area contributed by atoms with E-state index in [4.69, 9.17) is 4.74 Å². The minimum Gasteiger partial charge on any atom is -0.378 e. The van der Waals surface area contributed by atoms with Gasteiger partial charge in [-0.3, -0.25) is 9.78 Å². The summed E-state index contributed by atoms with van der Waals surface area (Å²) in [5.41, 5.74) is 2.44. The molecule has 1 fully saturated rings. The highest BCUT2D eigenvalue weighted by atomic mass is 32.2. The molecule has 1 aromatic carbocycles. The van der Waals surface area contributed by atoms with Gasteiger partial charge in [-0.15, -0.1) is 0 Å². The zero-order valence-corrected chi connectivity index (χ0v) is 16.3. The van der Waals surface area contributed by atoms with Crippen molar-refractivity contribution in [2.45, 2.75) is 10.6 Å². The van der Waals surface area contributed by atoms with E-state index in [0.29, 0.717) is 48.8 Å². The largest absolute Gasteiger partial charge is 0.378 e. The second-order valence-electron chi connectivity index (χ2n) is 6.96. The molecule has 0 spiro atoms. The molecule has 0 N–H and O–H groups in total. The van der Waals surface area contributed by atoms with Crippen LogP contribution in [0.25, 0.3) is 16.9 Å². The Morgan fingerprint density at radius 2 is 1.86 bits per heavy atom. The average molecular weight is 410 g/mol. The van der Waals surface area contributed by atoms with Crippen LogP contribution in [0, 0.1) is 0 Å². The maximum Gasteiger partial charge on any atom is 0.274 e. The molecule has 29 heavy (non-hydrogen) atoms. The number of hydrogen-bond acceptors (Lipinski definition) is 6. The first kappa shape index (κ1) is 18.0. The van der Waals surface area contributed by atoms with Crippen LogP contribution in [0.4, 0.5) is 0 Å². The molecule has 0 aliphatic carbocycles. The van der Waals surface area contributed by atoms with E-state index in [-0.39, 0.29) is 22.2 Å². The maximum absolute atomic E-state index is 13.2. The maximum atomic E-state index is 13.2. The van der Waals surface area contributed by atoms with Crippen LogP contribution >= 0.6 is 0 Å². The Kier molecular flexibility index (Phi) is 4.21. The topological polar surface area (TPSA) is 94.4 Å². The first-order valence-electron chi connectivity index (χ1n) is 9.28. The second kappa shape index (κ2) is 6.78. The lowest BCUT2D eigenvalue weighted by Gasteiger charge is -2.26. The van der Waals surface area contributed by atoms with Crippen molar-refractivity contribution in [2.24, 2.45) is 0 Å². The van der Waals surface area contributed by atoms with Gasteiger partial charge in [0.1, 0.15) is 0 Å². The molecule has 0 saturated carbocycles. The smallest absolute Gasteiger partial charge is 0.274 e. The third kappa shape index (κ3) is 2.93. The molecule has 2 aliphatic rings. The van der Waals surface area contributed by atoms with Crippen molar-refractivity contribution in [1.29, 1.82) is 0 Å². The number of ether oxygens (including phenoxy) is 1. The molecule has 148 valence electrons. The van der Waals surface area contributed by atoms with E-state index < -0.39 is 9.84 Å². The Balaban J connectivity index is 1.75. The monoisotopic (exact) mass is 410 g/mol. The predicted molar refractivity (Wildman–Crippen MR) is 104 cm³/mol. The van der Waals surface area contributed by atoms with E-state index in [1.165, 1.54) is 0 Å². The Hall–Kier alpha value is -3.04. The summed E-state index contributed by atoms with van der Waals surface area (Å²) in [5, 5.41) is 4.58. The van der Waals surface area contributed by atoms with Crippen LogP contribution in [-0.4, -0.2) is 60.3 Å². The van der Waals surface area contributed by atoms with E-state index >= 15 is 0 Å². The van der Waals surface area contributed by atoms with Gasteiger partial charge in [-0.1, -0.05) is 18.2 Å². The number of pyridine rings is 1. The highest BCUT2D eigenvalue weighted by molar-refractivity contribution is 7.90. The summed E-state index contributed by atoms with van der Waals surface area (Å²) in [6.45, 7) is 1.82. The number of carbonyl (C=O) groups excluding carboxylic acids is 1. The van der Waals surface area contributed by atoms with Crippen LogP contribution in [-0.2, 0) is 20.3 Å². The molecule has 1 saturated heterocycles. The normalized spacial score (nSPS) is 17.4. The van der Waals surface area contributed by atoms with Crippen molar-refractivity contribution in [3.05, 3.63) is 60.0 Å². The number of sulfone groups is 1. The van der Waals surface area contributed by atoms with Crippen molar-refractivity contribution in [1.82, 2.24) is 19.7 Å². The number of fused-ring (bicyclic) bond motifs is 3. The van der Waals surface area contributed by atoms with Crippen LogP contribution in [0.3, 0.4) is 0 Å². The fourth-order valence-electron chi connectivity index (χ4n) is 3.82. The van der Waals surface area contributed by atoms with E-state index in [9.17, 15) is 13.2 Å². The van der Waals surface area contributed by atoms with E-state index in [0.717, 1.165) is 0 Å². The number of amides is 1. The van der Waals surface area contributed by atoms with Gasteiger partial charge in [-0.2, -0.15) is 5.10 Å². The molecule has 3 aromatic rings. The van der Waals surface area contributed by atoms with Gasteiger partial charge in [0.15, 0.2) is 15.5 Å². The molecule has 2 aliphatic heterocycles. The van der Waals surface area contributed by atoms with Crippen molar-refractivity contribution in [3.8, 4) is 16.9 Å². The Bertz CT molecular complexity index is 1200. The average Bonchev–Trinajstić information content (AvgIpc) is 3.13. The van der Waals surface area contributed by atoms with Crippen molar-refractivity contribution in [2.75, 3.05) is 26.3 Å². The van der Waals surface area contributed by atoms with Crippen molar-refractivity contribution < 1.29 is 17.9 Å². The zero-order chi connectivity index (χ0) is 20.0. The molecule has 1 amide bonds. The molecule has 0 bridgehead atoms. The SMILES string of the molecule is O=C(c1nn(-c2cccnc2)c2c1CS(=O)(=O)c1ccccc1-2)N1CCOCC1. The lowest BCUT2D eigenvalue weighted by atomic mass is 10.0. The molecule has 9 heteroatoms. The number of morpholine rings is 1. The van der Waals surface area contributed by atoms with Gasteiger partial charge in [-0.05, 0) is 18.2 Å². The summed E-state index contributed by atoms with van der Waals surface area (Å²) in [6, 6.07) is 10.4. The molecule has 0 atom stereocenters. The van der Waals surface area contributed by atoms with Crippen molar-refractivity contribution in [3.63, 3.8) is 0 Å². The van der Waals surface area contributed by atoms with E-state index in [1.807, 2.05) is 6.07 Å². The van der Waals surface area contributed by atoms with Crippen LogP contribution < -0.4 is 0 Å². The minimum absolute atomic E-state index is 0.170. The zero-order valence-electron chi connectivity index (χ0n) is 15.5. The Morgan fingerprint density at radius 1 is 1.07 bits per heavy atom. The van der Waals surface area contributed by atoms with Gasteiger partial charge in [0, 0.05) is 30.4 Å². The fourth-order valence-corrected chi connectivity index (χ4v) is 5.41. The highest BCUT2D eigenvalue weighted by Gasteiger charge is 2.37. The van der Waals surface area contributed by atoms with Gasteiger partial charge in [0.25, 0.3) is 5.91 Å². The van der Waals surface area contributed by atoms with Gasteiger partial charge in [0.2, 0.25) is 0 Å². The van der Waals surface area contributed by atoms with Gasteiger partial charge in [0.05, 0.1) is 41.4 Å². The number of benzene rings is 1. The highest BCUT2D eigenvalue weighted by Crippen LogP contribution is 2.40. The van der Waals surface area contributed by atoms with Gasteiger partial charge >= 0.3 is 0 Å². The summed E-state index contributed by atoms with van der Waals surface area (Å²) >= 11 is 0. The molecule has 2 aromatic heterocycles. The second-order valence-corrected chi connectivity index (χ2v) is 8.92. The Labute approximate surface area is 167 Å². The van der Waals surface area contributed by atoms with Crippen LogP contribution in [0.5, 0.6) is 0 Å². The quantitative estimate of drug-likeness (QED) is 0.638. The van der Waals surface area contributed by atoms with Crippen LogP contribution in [0.1, 0.15) is 16.1 Å². The molecular formula is C20H18N4O4S. The lowest BCUT2D eigenvalue weighted by molar-refractivity contribution is 0.0298. The number of carbonyl (C=O) groups is 1. The number of nitrogens with zero attached hydrogens (tertiary/aromatic N) is 4. The molecular weight excluding hydrogens is 392 g/mol. The first-order valence-corrected chi connectivity index (χ1v) is 10.9. The van der Waals surface area contributed by atoms with Gasteiger partial charge < -0.3 is 9.64 Å². The van der Waals surface area contributed by atoms with Crippen LogP contribution in [0.2, 0.25) is 0 Å². The molecule has 0 unspecified atom stereocenters. The van der Waals surface area contributed by atoms with E-state index in [2.05, 4.69) is 10.1 Å². The standard InChI is InChI=1S/C20H18N4O4S/c25-20(23-8-10-28-11-9-23)18-16-13-29(26,27)17-6-2-1-5-15(17)19(16)24(22-18)14-4-3-7-21-12-14/h1-7,12H,8-11,13H2. The number of aromatic nitrogens is 3. The lowest BCUT2D eigenvalue weighted by Crippen LogP contribution is -2.41. The molecule has 5 rings (SSSR count). The number of hydrogen-bond donors (Lipinski definition) is 0. The summed E-state index contributed by atoms with van der Waals surface area (Å²) in [5.74, 6) is -0.535. The van der Waals surface area contributed by atoms with E-state index in [1.54, 1.807) is 52.3 Å². The molecule has 8 nitrogen and oxygen atoms in total. The summed E-state index contributed by atoms with van der Waals surface area (Å²) in [6.07, 6.45) is 3.29. The third-order valence-corrected chi connectivity index (χ3v) is 6.88. The van der Waals surface area contributed by atoms with Crippen molar-refractivity contribution >= 4 is 15.7 Å². The molecule has 4 heterocycles. The first-order chi connectivity index (χ1) is 14.1. The molecule has 0 radical (unpaired) electrons. The summed E-state index contributed by atoms with van der Waals surface area (Å²) in [4.78, 5) is 19.3. The summed E-state index contributed by atoms with van der Waals surface area (Å²) in [7, 11) is -3.58. The van der Waals surface area contributed by atoms with Crippen LogP contribution in [0.15, 0.2) is 53.7 Å². The van der Waals surface area contributed by atoms with Gasteiger partial charge in [-0.25, -0.2) is 13.1 Å². The number of rotatable bonds is 2. The third-order valence-electron chi connectivity index (χ3n) is 5.19. The summed E-state index contributed by atoms with van der Waals surface area (Å²) < 4.78 is 32.8.